The van der Waals surface area contributed by atoms with Gasteiger partial charge in [0.05, 0.1) is 10.6 Å². The van der Waals surface area contributed by atoms with Crippen LogP contribution in [0.2, 0.25) is 0 Å². The summed E-state index contributed by atoms with van der Waals surface area (Å²) in [5.41, 5.74) is -0.197. The Bertz CT molecular complexity index is 803. The fourth-order valence-corrected chi connectivity index (χ4v) is 2.77. The van der Waals surface area contributed by atoms with Crippen molar-refractivity contribution in [3.8, 4) is 0 Å². The van der Waals surface area contributed by atoms with Gasteiger partial charge in [-0.05, 0) is 31.2 Å². The molecule has 1 aromatic carbocycles. The van der Waals surface area contributed by atoms with E-state index < -0.39 is 27.8 Å². The smallest absolute Gasteiger partial charge is 0.249 e. The van der Waals surface area contributed by atoms with E-state index in [4.69, 9.17) is 0 Å². The molecule has 1 aromatic heterocycles. The summed E-state index contributed by atoms with van der Waals surface area (Å²) in [6, 6.07) is 4.24. The highest BCUT2D eigenvalue weighted by atomic mass is 32.2. The molecule has 2 rings (SSSR count). The third-order valence-corrected chi connectivity index (χ3v) is 5.09. The molecule has 0 bridgehead atoms. The van der Waals surface area contributed by atoms with Crippen molar-refractivity contribution in [2.45, 2.75) is 17.9 Å². The minimum atomic E-state index is -3.72. The van der Waals surface area contributed by atoms with Crippen molar-refractivity contribution >= 4 is 21.6 Å². The lowest BCUT2D eigenvalue weighted by Crippen LogP contribution is -2.25. The summed E-state index contributed by atoms with van der Waals surface area (Å²) >= 11 is 0. The summed E-state index contributed by atoms with van der Waals surface area (Å²) in [7, 11) is -0.974. The molecule has 0 spiro atoms. The number of anilines is 1. The van der Waals surface area contributed by atoms with Crippen LogP contribution in [-0.4, -0.2) is 42.5 Å². The predicted molar refractivity (Wildman–Crippen MR) is 82.8 cm³/mol. The van der Waals surface area contributed by atoms with E-state index in [0.717, 1.165) is 22.5 Å². The van der Waals surface area contributed by atoms with Crippen LogP contribution in [0.15, 0.2) is 41.6 Å². The first-order chi connectivity index (χ1) is 10.7. The number of amides is 1. The summed E-state index contributed by atoms with van der Waals surface area (Å²) in [4.78, 5) is 12.1. The zero-order valence-corrected chi connectivity index (χ0v) is 13.7. The maximum atomic E-state index is 13.9. The van der Waals surface area contributed by atoms with Gasteiger partial charge in [0.25, 0.3) is 0 Å². The number of halogens is 1. The summed E-state index contributed by atoms with van der Waals surface area (Å²) in [5.74, 6) is -1.23. The van der Waals surface area contributed by atoms with Gasteiger partial charge in [-0.25, -0.2) is 17.1 Å². The fourth-order valence-electron chi connectivity index (χ4n) is 1.84. The van der Waals surface area contributed by atoms with Crippen molar-refractivity contribution in [2.75, 3.05) is 19.4 Å². The van der Waals surface area contributed by atoms with Crippen LogP contribution in [0.5, 0.6) is 0 Å². The number of rotatable bonds is 5. The predicted octanol–water partition coefficient (Wildman–Crippen LogP) is 1.47. The van der Waals surface area contributed by atoms with Crippen molar-refractivity contribution < 1.29 is 17.6 Å². The van der Waals surface area contributed by atoms with E-state index in [0.29, 0.717) is 0 Å². The maximum Gasteiger partial charge on any atom is 0.249 e. The third kappa shape index (κ3) is 3.57. The largest absolute Gasteiger partial charge is 0.322 e. The monoisotopic (exact) mass is 340 g/mol. The molecule has 1 N–H and O–H groups in total. The van der Waals surface area contributed by atoms with Gasteiger partial charge in [-0.2, -0.15) is 5.10 Å². The molecule has 1 atom stereocenters. The second-order valence-electron chi connectivity index (χ2n) is 5.08. The number of nitrogens with one attached hydrogen (secondary N) is 1. The topological polar surface area (TPSA) is 84.3 Å². The molecule has 0 saturated heterocycles. The standard InChI is InChI=1S/C14H17FN4O3S/c1-10(19-8-4-7-16-19)14(20)17-13-9-11(5-6-12(13)15)23(21,22)18(2)3/h4-10H,1-3H3,(H,17,20). The summed E-state index contributed by atoms with van der Waals surface area (Å²) in [6.07, 6.45) is 3.13. The molecule has 0 fully saturated rings. The average molecular weight is 340 g/mol. The number of carbonyl (C=O) groups is 1. The van der Waals surface area contributed by atoms with Crippen molar-refractivity contribution in [3.05, 3.63) is 42.5 Å². The zero-order chi connectivity index (χ0) is 17.2. The molecule has 2 aromatic rings. The quantitative estimate of drug-likeness (QED) is 0.893. The lowest BCUT2D eigenvalue weighted by molar-refractivity contribution is -0.119. The normalized spacial score (nSPS) is 13.1. The van der Waals surface area contributed by atoms with Gasteiger partial charge in [-0.1, -0.05) is 0 Å². The van der Waals surface area contributed by atoms with E-state index in [-0.39, 0.29) is 10.6 Å². The summed E-state index contributed by atoms with van der Waals surface area (Å²) < 4.78 is 40.5. The van der Waals surface area contributed by atoms with Crippen LogP contribution in [0.3, 0.4) is 0 Å². The van der Waals surface area contributed by atoms with Crippen molar-refractivity contribution in [1.29, 1.82) is 0 Å². The Morgan fingerprint density at radius 2 is 2.09 bits per heavy atom. The van der Waals surface area contributed by atoms with E-state index in [1.165, 1.54) is 25.0 Å². The molecule has 0 aliphatic carbocycles. The van der Waals surface area contributed by atoms with Gasteiger partial charge in [0.1, 0.15) is 11.9 Å². The molecule has 0 aliphatic rings. The lowest BCUT2D eigenvalue weighted by Gasteiger charge is -2.15. The second kappa shape index (κ2) is 6.47. The molecule has 1 amide bonds. The van der Waals surface area contributed by atoms with Crippen LogP contribution in [0.1, 0.15) is 13.0 Å². The van der Waals surface area contributed by atoms with E-state index >= 15 is 0 Å². The fraction of sp³-hybridized carbons (Fsp3) is 0.286. The molecule has 1 heterocycles. The molecular weight excluding hydrogens is 323 g/mol. The Morgan fingerprint density at radius 1 is 1.39 bits per heavy atom. The highest BCUT2D eigenvalue weighted by Crippen LogP contribution is 2.22. The molecule has 0 saturated carbocycles. The molecule has 23 heavy (non-hydrogen) atoms. The molecule has 0 radical (unpaired) electrons. The van der Waals surface area contributed by atoms with Crippen LogP contribution in [0.4, 0.5) is 10.1 Å². The van der Waals surface area contributed by atoms with Crippen molar-refractivity contribution in [1.82, 2.24) is 14.1 Å². The lowest BCUT2D eigenvalue weighted by atomic mass is 10.2. The highest BCUT2D eigenvalue weighted by Gasteiger charge is 2.21. The van der Waals surface area contributed by atoms with Gasteiger partial charge in [0.2, 0.25) is 15.9 Å². The van der Waals surface area contributed by atoms with Gasteiger partial charge in [0, 0.05) is 26.5 Å². The first-order valence-corrected chi connectivity index (χ1v) is 8.19. The molecule has 0 aliphatic heterocycles. The van der Waals surface area contributed by atoms with Gasteiger partial charge in [0.15, 0.2) is 0 Å². The Hall–Kier alpha value is -2.26. The van der Waals surface area contributed by atoms with E-state index in [1.54, 1.807) is 19.2 Å². The molecule has 7 nitrogen and oxygen atoms in total. The number of hydrogen-bond acceptors (Lipinski definition) is 4. The molecule has 124 valence electrons. The van der Waals surface area contributed by atoms with Crippen LogP contribution in [0, 0.1) is 5.82 Å². The number of hydrogen-bond donors (Lipinski definition) is 1. The van der Waals surface area contributed by atoms with E-state index in [1.807, 2.05) is 0 Å². The summed E-state index contributed by atoms with van der Waals surface area (Å²) in [6.45, 7) is 1.60. The van der Waals surface area contributed by atoms with Crippen LogP contribution in [-0.2, 0) is 14.8 Å². The van der Waals surface area contributed by atoms with Crippen LogP contribution < -0.4 is 5.32 Å². The number of aromatic nitrogens is 2. The zero-order valence-electron chi connectivity index (χ0n) is 12.9. The maximum absolute atomic E-state index is 13.9. The minimum Gasteiger partial charge on any atom is -0.322 e. The van der Waals surface area contributed by atoms with Crippen LogP contribution >= 0.6 is 0 Å². The number of carbonyl (C=O) groups excluding carboxylic acids is 1. The van der Waals surface area contributed by atoms with Gasteiger partial charge in [-0.15, -0.1) is 0 Å². The van der Waals surface area contributed by atoms with Crippen molar-refractivity contribution in [3.63, 3.8) is 0 Å². The first kappa shape index (κ1) is 17.1. The number of sulfonamides is 1. The number of nitrogens with zero attached hydrogens (tertiary/aromatic N) is 3. The van der Waals surface area contributed by atoms with E-state index in [2.05, 4.69) is 10.4 Å². The van der Waals surface area contributed by atoms with E-state index in [9.17, 15) is 17.6 Å². The van der Waals surface area contributed by atoms with Gasteiger partial charge in [-0.3, -0.25) is 9.48 Å². The summed E-state index contributed by atoms with van der Waals surface area (Å²) in [5, 5.41) is 6.33. The van der Waals surface area contributed by atoms with Gasteiger partial charge < -0.3 is 5.32 Å². The Morgan fingerprint density at radius 3 is 2.65 bits per heavy atom. The highest BCUT2D eigenvalue weighted by molar-refractivity contribution is 7.89. The Labute approximate surface area is 133 Å². The number of benzene rings is 1. The Balaban J connectivity index is 2.28. The van der Waals surface area contributed by atoms with Gasteiger partial charge >= 0.3 is 0 Å². The third-order valence-electron chi connectivity index (χ3n) is 3.28. The van der Waals surface area contributed by atoms with Crippen LogP contribution in [0.25, 0.3) is 0 Å². The first-order valence-electron chi connectivity index (χ1n) is 6.75. The second-order valence-corrected chi connectivity index (χ2v) is 7.23. The minimum absolute atomic E-state index is 0.106. The van der Waals surface area contributed by atoms with Crippen molar-refractivity contribution in [2.24, 2.45) is 0 Å². The molecule has 9 heteroatoms. The SMILES string of the molecule is CC(C(=O)Nc1cc(S(=O)(=O)N(C)C)ccc1F)n1cccn1. The molecular formula is C14H17FN4O3S. The molecule has 1 unspecified atom stereocenters. The average Bonchev–Trinajstić information content (AvgIpc) is 3.02. The Kier molecular flexibility index (Phi) is 4.81.